The zero-order valence-corrected chi connectivity index (χ0v) is 9.94. The quantitative estimate of drug-likeness (QED) is 0.888. The summed E-state index contributed by atoms with van der Waals surface area (Å²) in [6.07, 6.45) is 1.06. The van der Waals surface area contributed by atoms with Crippen LogP contribution in [0.1, 0.15) is 18.2 Å². The molecule has 1 saturated heterocycles. The Kier molecular flexibility index (Phi) is 2.82. The lowest BCUT2D eigenvalue weighted by Gasteiger charge is -1.99. The molecule has 1 N–H and O–H groups in total. The number of halogens is 1. The second kappa shape index (κ2) is 4.47. The van der Waals surface area contributed by atoms with Crippen molar-refractivity contribution in [1.29, 1.82) is 0 Å². The molecule has 1 fully saturated rings. The number of hydrogen-bond donors (Lipinski definition) is 1. The Labute approximate surface area is 104 Å². The predicted octanol–water partition coefficient (Wildman–Crippen LogP) is 2.47. The Hall–Kier alpha value is -1.39. The maximum absolute atomic E-state index is 6.09. The molecule has 2 heterocycles. The van der Waals surface area contributed by atoms with Gasteiger partial charge in [0.2, 0.25) is 0 Å². The SMILES string of the molecule is Clc1ccccc1-c1nc([C@@H]2CCNC2)no1. The Balaban J connectivity index is 1.92. The van der Waals surface area contributed by atoms with Gasteiger partial charge in [-0.3, -0.25) is 0 Å². The lowest BCUT2D eigenvalue weighted by molar-refractivity contribution is 0.417. The maximum Gasteiger partial charge on any atom is 0.259 e. The highest BCUT2D eigenvalue weighted by molar-refractivity contribution is 6.33. The molecule has 0 saturated carbocycles. The fourth-order valence-corrected chi connectivity index (χ4v) is 2.24. The second-order valence-corrected chi connectivity index (χ2v) is 4.53. The molecule has 0 radical (unpaired) electrons. The molecule has 1 aromatic heterocycles. The summed E-state index contributed by atoms with van der Waals surface area (Å²) in [5.74, 6) is 1.62. The minimum atomic E-state index is 0.356. The average Bonchev–Trinajstić information content (AvgIpc) is 3.00. The first-order chi connectivity index (χ1) is 8.34. The monoisotopic (exact) mass is 249 g/mol. The van der Waals surface area contributed by atoms with E-state index < -0.39 is 0 Å². The van der Waals surface area contributed by atoms with Gasteiger partial charge in [0.1, 0.15) is 0 Å². The second-order valence-electron chi connectivity index (χ2n) is 4.13. The molecule has 0 aliphatic carbocycles. The van der Waals surface area contributed by atoms with Crippen molar-refractivity contribution in [1.82, 2.24) is 15.5 Å². The standard InChI is InChI=1S/C12H12ClN3O/c13-10-4-2-1-3-9(10)12-15-11(16-17-12)8-5-6-14-7-8/h1-4,8,14H,5-7H2/t8-/m1/s1. The molecule has 3 rings (SSSR count). The number of nitrogens with zero attached hydrogens (tertiary/aromatic N) is 2. The predicted molar refractivity (Wildman–Crippen MR) is 65.0 cm³/mol. The fraction of sp³-hybridized carbons (Fsp3) is 0.333. The van der Waals surface area contributed by atoms with E-state index in [-0.39, 0.29) is 0 Å². The van der Waals surface area contributed by atoms with Crippen LogP contribution in [0.25, 0.3) is 11.5 Å². The van der Waals surface area contributed by atoms with Crippen LogP contribution in [0.2, 0.25) is 5.02 Å². The molecule has 1 atom stereocenters. The first-order valence-electron chi connectivity index (χ1n) is 5.64. The van der Waals surface area contributed by atoms with Crippen molar-refractivity contribution in [3.05, 3.63) is 35.1 Å². The average molecular weight is 250 g/mol. The summed E-state index contributed by atoms with van der Waals surface area (Å²) in [5, 5.41) is 7.95. The van der Waals surface area contributed by atoms with Gasteiger partial charge >= 0.3 is 0 Å². The van der Waals surface area contributed by atoms with Gasteiger partial charge in [0.15, 0.2) is 5.82 Å². The van der Waals surface area contributed by atoms with E-state index in [1.165, 1.54) is 0 Å². The van der Waals surface area contributed by atoms with Crippen LogP contribution in [0.3, 0.4) is 0 Å². The normalized spacial score (nSPS) is 19.7. The summed E-state index contributed by atoms with van der Waals surface area (Å²) in [4.78, 5) is 4.42. The van der Waals surface area contributed by atoms with Gasteiger partial charge in [0.25, 0.3) is 5.89 Å². The molecule has 0 unspecified atom stereocenters. The van der Waals surface area contributed by atoms with Gasteiger partial charge in [0, 0.05) is 12.5 Å². The van der Waals surface area contributed by atoms with Crippen molar-refractivity contribution >= 4 is 11.6 Å². The lowest BCUT2D eigenvalue weighted by atomic mass is 10.1. The summed E-state index contributed by atoms with van der Waals surface area (Å²) in [6, 6.07) is 7.48. The number of benzene rings is 1. The largest absolute Gasteiger partial charge is 0.334 e. The number of rotatable bonds is 2. The van der Waals surface area contributed by atoms with Crippen molar-refractivity contribution in [3.63, 3.8) is 0 Å². The topological polar surface area (TPSA) is 51.0 Å². The molecule has 0 amide bonds. The molecule has 88 valence electrons. The Bertz CT molecular complexity index is 520. The van der Waals surface area contributed by atoms with Gasteiger partial charge in [-0.1, -0.05) is 28.9 Å². The molecule has 1 aliphatic heterocycles. The highest BCUT2D eigenvalue weighted by atomic mass is 35.5. The molecule has 4 nitrogen and oxygen atoms in total. The number of nitrogens with one attached hydrogen (secondary N) is 1. The molecule has 0 spiro atoms. The summed E-state index contributed by atoms with van der Waals surface area (Å²) >= 11 is 6.09. The van der Waals surface area contributed by atoms with Gasteiger partial charge < -0.3 is 9.84 Å². The van der Waals surface area contributed by atoms with E-state index >= 15 is 0 Å². The Morgan fingerprint density at radius 2 is 2.24 bits per heavy atom. The minimum Gasteiger partial charge on any atom is -0.334 e. The first kappa shape index (κ1) is 10.7. The van der Waals surface area contributed by atoms with Gasteiger partial charge in [-0.25, -0.2) is 0 Å². The molecule has 2 aromatic rings. The Morgan fingerprint density at radius 3 is 3.00 bits per heavy atom. The fourth-order valence-electron chi connectivity index (χ4n) is 2.02. The van der Waals surface area contributed by atoms with Crippen LogP contribution in [0.5, 0.6) is 0 Å². The zero-order chi connectivity index (χ0) is 11.7. The van der Waals surface area contributed by atoms with Crippen LogP contribution < -0.4 is 5.32 Å². The van der Waals surface area contributed by atoms with Gasteiger partial charge in [-0.15, -0.1) is 0 Å². The van der Waals surface area contributed by atoms with E-state index in [1.807, 2.05) is 24.3 Å². The van der Waals surface area contributed by atoms with Crippen molar-refractivity contribution in [3.8, 4) is 11.5 Å². The van der Waals surface area contributed by atoms with Gasteiger partial charge in [-0.05, 0) is 25.1 Å². The Morgan fingerprint density at radius 1 is 1.35 bits per heavy atom. The zero-order valence-electron chi connectivity index (χ0n) is 9.19. The van der Waals surface area contributed by atoms with Crippen molar-refractivity contribution in [2.45, 2.75) is 12.3 Å². The molecular formula is C12H12ClN3O. The smallest absolute Gasteiger partial charge is 0.259 e. The van der Waals surface area contributed by atoms with E-state index in [0.29, 0.717) is 16.8 Å². The maximum atomic E-state index is 6.09. The summed E-state index contributed by atoms with van der Waals surface area (Å²) in [7, 11) is 0. The molecule has 5 heteroatoms. The molecule has 1 aromatic carbocycles. The van der Waals surface area contributed by atoms with E-state index in [9.17, 15) is 0 Å². The third kappa shape index (κ3) is 2.06. The molecule has 1 aliphatic rings. The summed E-state index contributed by atoms with van der Waals surface area (Å²) < 4.78 is 5.27. The van der Waals surface area contributed by atoms with Crippen LogP contribution in [0.15, 0.2) is 28.8 Å². The number of aromatic nitrogens is 2. The van der Waals surface area contributed by atoms with E-state index in [1.54, 1.807) is 0 Å². The number of hydrogen-bond acceptors (Lipinski definition) is 4. The third-order valence-electron chi connectivity index (χ3n) is 2.97. The van der Waals surface area contributed by atoms with Gasteiger partial charge in [-0.2, -0.15) is 4.98 Å². The van der Waals surface area contributed by atoms with Crippen LogP contribution >= 0.6 is 11.6 Å². The summed E-state index contributed by atoms with van der Waals surface area (Å²) in [6.45, 7) is 1.93. The van der Waals surface area contributed by atoms with Crippen molar-refractivity contribution in [2.75, 3.05) is 13.1 Å². The van der Waals surface area contributed by atoms with Crippen LogP contribution in [0.4, 0.5) is 0 Å². The minimum absolute atomic E-state index is 0.356. The van der Waals surface area contributed by atoms with E-state index in [2.05, 4.69) is 15.5 Å². The van der Waals surface area contributed by atoms with Gasteiger partial charge in [0.05, 0.1) is 10.6 Å². The van der Waals surface area contributed by atoms with Crippen LogP contribution in [-0.4, -0.2) is 23.2 Å². The summed E-state index contributed by atoms with van der Waals surface area (Å²) in [5.41, 5.74) is 0.791. The molecular weight excluding hydrogens is 238 g/mol. The lowest BCUT2D eigenvalue weighted by Crippen LogP contribution is -2.08. The van der Waals surface area contributed by atoms with E-state index in [0.717, 1.165) is 30.9 Å². The van der Waals surface area contributed by atoms with Crippen molar-refractivity contribution in [2.24, 2.45) is 0 Å². The van der Waals surface area contributed by atoms with E-state index in [4.69, 9.17) is 16.1 Å². The third-order valence-corrected chi connectivity index (χ3v) is 3.30. The highest BCUT2D eigenvalue weighted by Gasteiger charge is 2.22. The van der Waals surface area contributed by atoms with Crippen molar-refractivity contribution < 1.29 is 4.52 Å². The van der Waals surface area contributed by atoms with Crippen LogP contribution in [0, 0.1) is 0 Å². The molecule has 17 heavy (non-hydrogen) atoms. The van der Waals surface area contributed by atoms with Crippen LogP contribution in [-0.2, 0) is 0 Å². The molecule has 0 bridgehead atoms. The first-order valence-corrected chi connectivity index (χ1v) is 6.01. The highest BCUT2D eigenvalue weighted by Crippen LogP contribution is 2.28.